The van der Waals surface area contributed by atoms with Crippen molar-refractivity contribution in [2.45, 2.75) is 38.1 Å². The van der Waals surface area contributed by atoms with Crippen LogP contribution >= 0.6 is 0 Å². The van der Waals surface area contributed by atoms with Crippen molar-refractivity contribution in [2.75, 3.05) is 13.1 Å². The highest BCUT2D eigenvalue weighted by molar-refractivity contribution is 6.00. The molecule has 1 saturated heterocycles. The molecule has 3 aromatic rings. The summed E-state index contributed by atoms with van der Waals surface area (Å²) < 4.78 is 18.6. The molecule has 0 amide bonds. The SMILES string of the molecule is CCC(C(=O)c1ccc(F)cc1)N1CCC(c2noc3ccccc23)CC1. The molecule has 0 N–H and O–H groups in total. The number of ketones is 1. The van der Waals surface area contributed by atoms with Gasteiger partial charge >= 0.3 is 0 Å². The number of aromatic nitrogens is 1. The lowest BCUT2D eigenvalue weighted by atomic mass is 9.89. The summed E-state index contributed by atoms with van der Waals surface area (Å²) >= 11 is 0. The maximum absolute atomic E-state index is 13.1. The van der Waals surface area contributed by atoms with Crippen molar-refractivity contribution in [1.82, 2.24) is 10.1 Å². The first-order chi connectivity index (χ1) is 13.2. The van der Waals surface area contributed by atoms with Gasteiger partial charge in [0.1, 0.15) is 5.82 Å². The fraction of sp³-hybridized carbons (Fsp3) is 0.364. The average molecular weight is 366 g/mol. The third kappa shape index (κ3) is 3.52. The molecule has 2 heterocycles. The van der Waals surface area contributed by atoms with E-state index >= 15 is 0 Å². The van der Waals surface area contributed by atoms with E-state index in [0.717, 1.165) is 49.0 Å². The van der Waals surface area contributed by atoms with E-state index in [9.17, 15) is 9.18 Å². The number of para-hydroxylation sites is 1. The number of halogens is 1. The van der Waals surface area contributed by atoms with Gasteiger partial charge in [0.05, 0.1) is 11.7 Å². The second kappa shape index (κ2) is 7.61. The van der Waals surface area contributed by atoms with Gasteiger partial charge in [0, 0.05) is 16.9 Å². The Kier molecular flexibility index (Phi) is 5.03. The monoisotopic (exact) mass is 366 g/mol. The van der Waals surface area contributed by atoms with Crippen molar-refractivity contribution in [3.05, 3.63) is 65.6 Å². The van der Waals surface area contributed by atoms with Gasteiger partial charge in [-0.1, -0.05) is 24.2 Å². The Bertz CT molecular complexity index is 927. The van der Waals surface area contributed by atoms with Gasteiger partial charge in [-0.2, -0.15) is 0 Å². The van der Waals surface area contributed by atoms with Crippen molar-refractivity contribution in [3.63, 3.8) is 0 Å². The highest BCUT2D eigenvalue weighted by atomic mass is 19.1. The lowest BCUT2D eigenvalue weighted by molar-refractivity contribution is 0.0761. The minimum absolute atomic E-state index is 0.0721. The molecule has 0 bridgehead atoms. The Morgan fingerprint density at radius 1 is 1.19 bits per heavy atom. The molecule has 1 aliphatic rings. The van der Waals surface area contributed by atoms with Gasteiger partial charge < -0.3 is 4.52 Å². The van der Waals surface area contributed by atoms with Crippen molar-refractivity contribution >= 4 is 16.8 Å². The maximum Gasteiger partial charge on any atom is 0.179 e. The van der Waals surface area contributed by atoms with Crippen LogP contribution in [0.1, 0.15) is 48.2 Å². The van der Waals surface area contributed by atoms with Gasteiger partial charge in [-0.25, -0.2) is 4.39 Å². The summed E-state index contributed by atoms with van der Waals surface area (Å²) in [4.78, 5) is 15.1. The molecular weight excluding hydrogens is 343 g/mol. The normalized spacial score (nSPS) is 17.3. The van der Waals surface area contributed by atoms with E-state index in [1.807, 2.05) is 25.1 Å². The molecule has 1 atom stereocenters. The number of hydrogen-bond acceptors (Lipinski definition) is 4. The smallest absolute Gasteiger partial charge is 0.179 e. The van der Waals surface area contributed by atoms with Crippen LogP contribution in [0.4, 0.5) is 4.39 Å². The lowest BCUT2D eigenvalue weighted by Crippen LogP contribution is -2.45. The lowest BCUT2D eigenvalue weighted by Gasteiger charge is -2.36. The van der Waals surface area contributed by atoms with Crippen LogP contribution < -0.4 is 0 Å². The van der Waals surface area contributed by atoms with Gasteiger partial charge in [0.2, 0.25) is 0 Å². The molecule has 4 nitrogen and oxygen atoms in total. The van der Waals surface area contributed by atoms with E-state index in [1.165, 1.54) is 12.1 Å². The average Bonchev–Trinajstić information content (AvgIpc) is 3.14. The van der Waals surface area contributed by atoms with Gasteiger partial charge in [-0.05, 0) is 68.8 Å². The number of fused-ring (bicyclic) bond motifs is 1. The zero-order valence-corrected chi connectivity index (χ0v) is 15.4. The van der Waals surface area contributed by atoms with E-state index in [4.69, 9.17) is 4.52 Å². The van der Waals surface area contributed by atoms with E-state index in [0.29, 0.717) is 11.5 Å². The first-order valence-electron chi connectivity index (χ1n) is 9.55. The van der Waals surface area contributed by atoms with Crippen molar-refractivity contribution in [3.8, 4) is 0 Å². The minimum Gasteiger partial charge on any atom is -0.356 e. The first kappa shape index (κ1) is 17.9. The molecule has 1 unspecified atom stereocenters. The Labute approximate surface area is 158 Å². The summed E-state index contributed by atoms with van der Waals surface area (Å²) in [5.74, 6) is 0.103. The van der Waals surface area contributed by atoms with Gasteiger partial charge in [-0.3, -0.25) is 9.69 Å². The minimum atomic E-state index is -0.319. The summed E-state index contributed by atoms with van der Waals surface area (Å²) in [6.07, 6.45) is 2.64. The van der Waals surface area contributed by atoms with Crippen LogP contribution in [0.5, 0.6) is 0 Å². The Morgan fingerprint density at radius 3 is 2.59 bits per heavy atom. The van der Waals surface area contributed by atoms with E-state index in [2.05, 4.69) is 16.1 Å². The fourth-order valence-electron chi connectivity index (χ4n) is 4.10. The van der Waals surface area contributed by atoms with E-state index in [1.54, 1.807) is 12.1 Å². The molecule has 1 aliphatic heterocycles. The quantitative estimate of drug-likeness (QED) is 0.608. The molecule has 4 rings (SSSR count). The number of likely N-dealkylation sites (tertiary alicyclic amines) is 1. The highest BCUT2D eigenvalue weighted by Gasteiger charge is 2.31. The summed E-state index contributed by atoms with van der Waals surface area (Å²) in [5, 5.41) is 5.39. The Hall–Kier alpha value is -2.53. The number of rotatable bonds is 5. The molecular formula is C22H23FN2O2. The Balaban J connectivity index is 1.46. The van der Waals surface area contributed by atoms with Crippen LogP contribution in [0.15, 0.2) is 53.1 Å². The maximum atomic E-state index is 13.1. The highest BCUT2D eigenvalue weighted by Crippen LogP contribution is 2.33. The molecule has 0 radical (unpaired) electrons. The third-order valence-corrected chi connectivity index (χ3v) is 5.58. The summed E-state index contributed by atoms with van der Waals surface area (Å²) in [6, 6.07) is 13.6. The molecule has 2 aromatic carbocycles. The zero-order valence-electron chi connectivity index (χ0n) is 15.4. The largest absolute Gasteiger partial charge is 0.356 e. The predicted molar refractivity (Wildman–Crippen MR) is 102 cm³/mol. The predicted octanol–water partition coefficient (Wildman–Crippen LogP) is 4.81. The van der Waals surface area contributed by atoms with Crippen LogP contribution in [0, 0.1) is 5.82 Å². The molecule has 1 aromatic heterocycles. The van der Waals surface area contributed by atoms with E-state index in [-0.39, 0.29) is 17.6 Å². The number of nitrogens with zero attached hydrogens (tertiary/aromatic N) is 2. The molecule has 5 heteroatoms. The zero-order chi connectivity index (χ0) is 18.8. The topological polar surface area (TPSA) is 46.3 Å². The fourth-order valence-corrected chi connectivity index (χ4v) is 4.10. The van der Waals surface area contributed by atoms with Crippen LogP contribution in [0.2, 0.25) is 0 Å². The number of benzene rings is 2. The molecule has 0 spiro atoms. The molecule has 1 fully saturated rings. The summed E-state index contributed by atoms with van der Waals surface area (Å²) in [5.41, 5.74) is 2.43. The van der Waals surface area contributed by atoms with Crippen molar-refractivity contribution < 1.29 is 13.7 Å². The van der Waals surface area contributed by atoms with Crippen molar-refractivity contribution in [2.24, 2.45) is 0 Å². The van der Waals surface area contributed by atoms with Crippen LogP contribution in [0.25, 0.3) is 11.0 Å². The standard InChI is InChI=1S/C22H23FN2O2/c1-2-19(22(26)16-7-9-17(23)10-8-16)25-13-11-15(12-14-25)21-18-5-3-4-6-20(18)27-24-21/h3-10,15,19H,2,11-14H2,1H3. The summed E-state index contributed by atoms with van der Waals surface area (Å²) in [6.45, 7) is 3.72. The number of piperidine rings is 1. The number of Topliss-reactive ketones (excluding diaryl/α,β-unsaturated/α-hetero) is 1. The van der Waals surface area contributed by atoms with Crippen LogP contribution in [-0.4, -0.2) is 35.0 Å². The molecule has 0 saturated carbocycles. The van der Waals surface area contributed by atoms with Gasteiger partial charge in [0.15, 0.2) is 11.4 Å². The number of carbonyl (C=O) groups is 1. The molecule has 140 valence electrons. The van der Waals surface area contributed by atoms with Gasteiger partial charge in [-0.15, -0.1) is 0 Å². The first-order valence-corrected chi connectivity index (χ1v) is 9.55. The molecule has 27 heavy (non-hydrogen) atoms. The number of hydrogen-bond donors (Lipinski definition) is 0. The third-order valence-electron chi connectivity index (χ3n) is 5.58. The summed E-state index contributed by atoms with van der Waals surface area (Å²) in [7, 11) is 0. The van der Waals surface area contributed by atoms with Crippen LogP contribution in [-0.2, 0) is 0 Å². The van der Waals surface area contributed by atoms with E-state index < -0.39 is 0 Å². The second-order valence-electron chi connectivity index (χ2n) is 7.17. The molecule has 0 aliphatic carbocycles. The van der Waals surface area contributed by atoms with Crippen LogP contribution in [0.3, 0.4) is 0 Å². The van der Waals surface area contributed by atoms with Gasteiger partial charge in [0.25, 0.3) is 0 Å². The van der Waals surface area contributed by atoms with Crippen molar-refractivity contribution in [1.29, 1.82) is 0 Å². The number of carbonyl (C=O) groups excluding carboxylic acids is 1. The Morgan fingerprint density at radius 2 is 1.89 bits per heavy atom. The second-order valence-corrected chi connectivity index (χ2v) is 7.17.